The average molecular weight is 502 g/mol. The maximum absolute atomic E-state index is 4.92. The summed E-state index contributed by atoms with van der Waals surface area (Å²) in [4.78, 5) is 4.92. The van der Waals surface area contributed by atoms with E-state index in [0.717, 1.165) is 57.2 Å². The van der Waals surface area contributed by atoms with Gasteiger partial charge in [-0.3, -0.25) is 4.99 Å². The fourth-order valence-corrected chi connectivity index (χ4v) is 4.52. The van der Waals surface area contributed by atoms with Crippen LogP contribution >= 0.6 is 24.0 Å². The van der Waals surface area contributed by atoms with E-state index in [0.29, 0.717) is 5.41 Å². The van der Waals surface area contributed by atoms with Crippen molar-refractivity contribution in [1.82, 2.24) is 25.4 Å². The number of guanidine groups is 1. The van der Waals surface area contributed by atoms with E-state index in [4.69, 9.17) is 4.99 Å². The van der Waals surface area contributed by atoms with Crippen LogP contribution < -0.4 is 10.6 Å². The van der Waals surface area contributed by atoms with Gasteiger partial charge in [0, 0.05) is 39.0 Å². The van der Waals surface area contributed by atoms with Crippen LogP contribution in [0.15, 0.2) is 4.99 Å². The zero-order valence-electron chi connectivity index (χ0n) is 17.8. The Hall–Kier alpha value is -0.860. The third-order valence-electron chi connectivity index (χ3n) is 6.39. The predicted octanol–water partition coefficient (Wildman–Crippen LogP) is 4.08. The largest absolute Gasteiger partial charge is 0.357 e. The van der Waals surface area contributed by atoms with E-state index >= 15 is 0 Å². The van der Waals surface area contributed by atoms with Crippen LogP contribution in [0.25, 0.3) is 0 Å². The molecule has 1 aromatic heterocycles. The molecule has 0 amide bonds. The number of aromatic nitrogens is 3. The molecule has 28 heavy (non-hydrogen) atoms. The SMILES string of the molecule is CCNC(=NCC1(CC)CCCC1)NCCCc1nnc2n1CCCCC2.I. The smallest absolute Gasteiger partial charge is 0.191 e. The highest BCUT2D eigenvalue weighted by atomic mass is 127. The van der Waals surface area contributed by atoms with E-state index in [2.05, 4.69) is 39.2 Å². The van der Waals surface area contributed by atoms with Crippen molar-refractivity contribution in [2.75, 3.05) is 19.6 Å². The fourth-order valence-electron chi connectivity index (χ4n) is 4.52. The molecule has 2 N–H and O–H groups in total. The second-order valence-electron chi connectivity index (χ2n) is 8.28. The quantitative estimate of drug-likeness (QED) is 0.243. The molecule has 2 heterocycles. The van der Waals surface area contributed by atoms with Gasteiger partial charge in [-0.2, -0.15) is 0 Å². The van der Waals surface area contributed by atoms with Gasteiger partial charge in [0.2, 0.25) is 0 Å². The minimum atomic E-state index is 0. The first-order chi connectivity index (χ1) is 13.3. The van der Waals surface area contributed by atoms with Crippen molar-refractivity contribution < 1.29 is 0 Å². The molecule has 6 nitrogen and oxygen atoms in total. The number of nitrogens with zero attached hydrogens (tertiary/aromatic N) is 4. The zero-order valence-corrected chi connectivity index (χ0v) is 20.1. The van der Waals surface area contributed by atoms with E-state index in [1.54, 1.807) is 0 Å². The van der Waals surface area contributed by atoms with Crippen molar-refractivity contribution in [2.24, 2.45) is 10.4 Å². The van der Waals surface area contributed by atoms with Gasteiger partial charge < -0.3 is 15.2 Å². The molecule has 3 rings (SSSR count). The molecule has 1 aliphatic heterocycles. The van der Waals surface area contributed by atoms with E-state index in [1.807, 2.05) is 0 Å². The molecular formula is C21H39IN6. The van der Waals surface area contributed by atoms with Crippen LogP contribution in [-0.4, -0.2) is 40.4 Å². The Morgan fingerprint density at radius 1 is 1.07 bits per heavy atom. The monoisotopic (exact) mass is 502 g/mol. The summed E-state index contributed by atoms with van der Waals surface area (Å²) < 4.78 is 2.36. The number of nitrogens with one attached hydrogen (secondary N) is 2. The Balaban J connectivity index is 0.00000280. The normalized spacial score (nSPS) is 18.9. The topological polar surface area (TPSA) is 67.1 Å². The summed E-state index contributed by atoms with van der Waals surface area (Å²) in [7, 11) is 0. The lowest BCUT2D eigenvalue weighted by Gasteiger charge is -2.25. The summed E-state index contributed by atoms with van der Waals surface area (Å²) in [5.74, 6) is 3.32. The molecule has 1 saturated carbocycles. The lowest BCUT2D eigenvalue weighted by molar-refractivity contribution is 0.297. The van der Waals surface area contributed by atoms with Gasteiger partial charge in [-0.15, -0.1) is 34.2 Å². The zero-order chi connectivity index (χ0) is 19.0. The Morgan fingerprint density at radius 3 is 2.64 bits per heavy atom. The van der Waals surface area contributed by atoms with Crippen molar-refractivity contribution in [2.45, 2.75) is 91.0 Å². The van der Waals surface area contributed by atoms with Crippen LogP contribution in [0.1, 0.15) is 83.3 Å². The highest BCUT2D eigenvalue weighted by Gasteiger charge is 2.31. The minimum absolute atomic E-state index is 0. The molecule has 0 atom stereocenters. The summed E-state index contributed by atoms with van der Waals surface area (Å²) in [6, 6.07) is 0. The number of halogens is 1. The van der Waals surface area contributed by atoms with E-state index in [1.165, 1.54) is 57.2 Å². The Morgan fingerprint density at radius 2 is 1.89 bits per heavy atom. The number of aliphatic imine (C=N–C) groups is 1. The van der Waals surface area contributed by atoms with Crippen LogP contribution in [-0.2, 0) is 19.4 Å². The van der Waals surface area contributed by atoms with Crippen LogP contribution in [0.5, 0.6) is 0 Å². The highest BCUT2D eigenvalue weighted by molar-refractivity contribution is 14.0. The van der Waals surface area contributed by atoms with Crippen molar-refractivity contribution in [1.29, 1.82) is 0 Å². The molecule has 0 unspecified atom stereocenters. The Labute approximate surface area is 187 Å². The lowest BCUT2D eigenvalue weighted by atomic mass is 9.84. The first kappa shape index (κ1) is 23.4. The van der Waals surface area contributed by atoms with Gasteiger partial charge in [0.15, 0.2) is 5.96 Å². The highest BCUT2D eigenvalue weighted by Crippen LogP contribution is 2.41. The lowest BCUT2D eigenvalue weighted by Crippen LogP contribution is -2.39. The number of fused-ring (bicyclic) bond motifs is 1. The first-order valence-corrected chi connectivity index (χ1v) is 11.2. The second-order valence-corrected chi connectivity index (χ2v) is 8.28. The second kappa shape index (κ2) is 12.0. The average Bonchev–Trinajstić information content (AvgIpc) is 3.24. The molecule has 0 saturated heterocycles. The number of hydrogen-bond acceptors (Lipinski definition) is 3. The number of aryl methyl sites for hydroxylation is 2. The molecule has 1 fully saturated rings. The molecule has 1 aliphatic carbocycles. The third kappa shape index (κ3) is 6.32. The molecule has 7 heteroatoms. The maximum atomic E-state index is 4.92. The standard InChI is InChI=1S/C21H38N6.HI/c1-3-21(13-7-8-14-21)17-24-20(22-4-2)23-15-10-12-19-26-25-18-11-6-5-9-16-27(18)19;/h3-17H2,1-2H3,(H2,22,23,24);1H. The summed E-state index contributed by atoms with van der Waals surface area (Å²) >= 11 is 0. The van der Waals surface area contributed by atoms with Crippen LogP contribution in [0.2, 0.25) is 0 Å². The van der Waals surface area contributed by atoms with Crippen molar-refractivity contribution in [3.8, 4) is 0 Å². The van der Waals surface area contributed by atoms with Gasteiger partial charge in [0.25, 0.3) is 0 Å². The molecule has 2 aliphatic rings. The van der Waals surface area contributed by atoms with Gasteiger partial charge in [-0.1, -0.05) is 26.2 Å². The van der Waals surface area contributed by atoms with Crippen molar-refractivity contribution >= 4 is 29.9 Å². The van der Waals surface area contributed by atoms with E-state index < -0.39 is 0 Å². The van der Waals surface area contributed by atoms with Gasteiger partial charge in [0.1, 0.15) is 11.6 Å². The molecule has 160 valence electrons. The first-order valence-electron chi connectivity index (χ1n) is 11.2. The summed E-state index contributed by atoms with van der Waals surface area (Å²) in [6.07, 6.45) is 13.6. The Kier molecular flexibility index (Phi) is 10.0. The molecule has 0 aromatic carbocycles. The summed E-state index contributed by atoms with van der Waals surface area (Å²) in [6.45, 7) is 8.33. The summed E-state index contributed by atoms with van der Waals surface area (Å²) in [5.41, 5.74) is 0.446. The fraction of sp³-hybridized carbons (Fsp3) is 0.857. The van der Waals surface area contributed by atoms with Crippen LogP contribution in [0.4, 0.5) is 0 Å². The van der Waals surface area contributed by atoms with Crippen LogP contribution in [0, 0.1) is 5.41 Å². The van der Waals surface area contributed by atoms with Gasteiger partial charge in [-0.25, -0.2) is 0 Å². The summed E-state index contributed by atoms with van der Waals surface area (Å²) in [5, 5.41) is 15.8. The molecule has 0 radical (unpaired) electrons. The van der Waals surface area contributed by atoms with Crippen molar-refractivity contribution in [3.05, 3.63) is 11.6 Å². The maximum Gasteiger partial charge on any atom is 0.191 e. The van der Waals surface area contributed by atoms with Gasteiger partial charge >= 0.3 is 0 Å². The van der Waals surface area contributed by atoms with E-state index in [9.17, 15) is 0 Å². The van der Waals surface area contributed by atoms with Crippen molar-refractivity contribution in [3.63, 3.8) is 0 Å². The minimum Gasteiger partial charge on any atom is -0.357 e. The third-order valence-corrected chi connectivity index (χ3v) is 6.39. The number of hydrogen-bond donors (Lipinski definition) is 2. The predicted molar refractivity (Wildman–Crippen MR) is 126 cm³/mol. The molecule has 0 spiro atoms. The molecule has 1 aromatic rings. The van der Waals surface area contributed by atoms with E-state index in [-0.39, 0.29) is 24.0 Å². The van der Waals surface area contributed by atoms with Gasteiger partial charge in [-0.05, 0) is 50.9 Å². The Bertz CT molecular complexity index is 606. The molecule has 0 bridgehead atoms. The number of rotatable bonds is 8. The van der Waals surface area contributed by atoms with Crippen LogP contribution in [0.3, 0.4) is 0 Å². The molecular weight excluding hydrogens is 463 g/mol. The van der Waals surface area contributed by atoms with Gasteiger partial charge in [0.05, 0.1) is 0 Å².